The molecule has 0 aliphatic carbocycles. The maximum Gasteiger partial charge on any atom is 0.140 e. The summed E-state index contributed by atoms with van der Waals surface area (Å²) in [5.74, 6) is 0. The molecule has 0 atom stereocenters. The molecule has 4 nitrogen and oxygen atoms in total. The standard InChI is InChI=1S/C10H7BrN4/c11-10-2-4-15(14-10)7-8-1-3-13-9(5-8)6-12/h1-5H,7H2. The molecule has 0 aromatic carbocycles. The van der Waals surface area contributed by atoms with E-state index in [1.165, 1.54) is 0 Å². The average molecular weight is 263 g/mol. The van der Waals surface area contributed by atoms with Crippen LogP contribution in [0, 0.1) is 11.3 Å². The molecular weight excluding hydrogens is 256 g/mol. The summed E-state index contributed by atoms with van der Waals surface area (Å²) in [6, 6.07) is 7.51. The fourth-order valence-corrected chi connectivity index (χ4v) is 1.57. The van der Waals surface area contributed by atoms with Crippen LogP contribution in [0.15, 0.2) is 35.2 Å². The van der Waals surface area contributed by atoms with Crippen molar-refractivity contribution in [2.45, 2.75) is 6.54 Å². The van der Waals surface area contributed by atoms with E-state index in [0.717, 1.165) is 10.2 Å². The van der Waals surface area contributed by atoms with E-state index in [9.17, 15) is 0 Å². The van der Waals surface area contributed by atoms with Crippen molar-refractivity contribution in [1.82, 2.24) is 14.8 Å². The van der Waals surface area contributed by atoms with Gasteiger partial charge in [0.15, 0.2) is 0 Å². The van der Waals surface area contributed by atoms with Crippen LogP contribution in [0.4, 0.5) is 0 Å². The summed E-state index contributed by atoms with van der Waals surface area (Å²) in [6.45, 7) is 0.642. The van der Waals surface area contributed by atoms with Crippen molar-refractivity contribution in [3.05, 3.63) is 46.5 Å². The van der Waals surface area contributed by atoms with Gasteiger partial charge in [0.25, 0.3) is 0 Å². The third-order valence-corrected chi connectivity index (χ3v) is 2.31. The second-order valence-corrected chi connectivity index (χ2v) is 3.81. The second kappa shape index (κ2) is 4.24. The highest BCUT2D eigenvalue weighted by Gasteiger charge is 1.99. The number of aromatic nitrogens is 3. The minimum absolute atomic E-state index is 0.429. The molecule has 0 fully saturated rings. The Hall–Kier alpha value is -1.67. The van der Waals surface area contributed by atoms with Crippen LogP contribution in [0.5, 0.6) is 0 Å². The number of nitrogens with zero attached hydrogens (tertiary/aromatic N) is 4. The fourth-order valence-electron chi connectivity index (χ4n) is 1.25. The topological polar surface area (TPSA) is 54.5 Å². The van der Waals surface area contributed by atoms with E-state index < -0.39 is 0 Å². The van der Waals surface area contributed by atoms with Crippen molar-refractivity contribution in [3.63, 3.8) is 0 Å². The van der Waals surface area contributed by atoms with Crippen molar-refractivity contribution in [3.8, 4) is 6.07 Å². The third kappa shape index (κ3) is 2.42. The van der Waals surface area contributed by atoms with Gasteiger partial charge in [0.2, 0.25) is 0 Å². The van der Waals surface area contributed by atoms with Crippen LogP contribution in [-0.4, -0.2) is 14.8 Å². The zero-order valence-corrected chi connectivity index (χ0v) is 9.35. The summed E-state index contributed by atoms with van der Waals surface area (Å²) < 4.78 is 2.60. The number of nitriles is 1. The first kappa shape index (κ1) is 9.87. The molecule has 2 heterocycles. The smallest absolute Gasteiger partial charge is 0.140 e. The first-order valence-corrected chi connectivity index (χ1v) is 5.11. The molecule has 0 radical (unpaired) electrons. The van der Waals surface area contributed by atoms with Gasteiger partial charge in [0.05, 0.1) is 6.54 Å². The molecule has 0 spiro atoms. The lowest BCUT2D eigenvalue weighted by Gasteiger charge is -2.01. The molecule has 0 bridgehead atoms. The predicted molar refractivity (Wildman–Crippen MR) is 58.0 cm³/mol. The summed E-state index contributed by atoms with van der Waals surface area (Å²) in [5.41, 5.74) is 1.44. The summed E-state index contributed by atoms with van der Waals surface area (Å²) in [7, 11) is 0. The van der Waals surface area contributed by atoms with Crippen LogP contribution in [0.1, 0.15) is 11.3 Å². The molecule has 2 rings (SSSR count). The zero-order valence-electron chi connectivity index (χ0n) is 7.76. The normalized spacial score (nSPS) is 9.87. The Bertz CT molecular complexity index is 512. The first-order chi connectivity index (χ1) is 7.28. The summed E-state index contributed by atoms with van der Waals surface area (Å²) in [5, 5.41) is 12.9. The molecule has 2 aromatic heterocycles. The SMILES string of the molecule is N#Cc1cc(Cn2ccc(Br)n2)ccn1. The number of hydrogen-bond acceptors (Lipinski definition) is 3. The first-order valence-electron chi connectivity index (χ1n) is 4.32. The molecule has 74 valence electrons. The molecule has 0 amide bonds. The van der Waals surface area contributed by atoms with Gasteiger partial charge in [0.1, 0.15) is 16.4 Å². The molecule has 0 aliphatic heterocycles. The Morgan fingerprint density at radius 3 is 3.00 bits per heavy atom. The largest absolute Gasteiger partial charge is 0.267 e. The van der Waals surface area contributed by atoms with Crippen molar-refractivity contribution >= 4 is 15.9 Å². The number of halogens is 1. The lowest BCUT2D eigenvalue weighted by molar-refractivity contribution is 0.681. The van der Waals surface area contributed by atoms with Gasteiger partial charge in [-0.25, -0.2) is 4.98 Å². The average Bonchev–Trinajstić information content (AvgIpc) is 2.64. The Balaban J connectivity index is 2.21. The van der Waals surface area contributed by atoms with Crippen LogP contribution in [-0.2, 0) is 6.54 Å². The quantitative estimate of drug-likeness (QED) is 0.832. The maximum atomic E-state index is 8.69. The summed E-state index contributed by atoms with van der Waals surface area (Å²) in [4.78, 5) is 3.90. The molecule has 5 heteroatoms. The monoisotopic (exact) mass is 262 g/mol. The van der Waals surface area contributed by atoms with Gasteiger partial charge in [-0.15, -0.1) is 0 Å². The van der Waals surface area contributed by atoms with E-state index in [1.54, 1.807) is 16.9 Å². The van der Waals surface area contributed by atoms with Gasteiger partial charge in [-0.3, -0.25) is 4.68 Å². The maximum absolute atomic E-state index is 8.69. The van der Waals surface area contributed by atoms with E-state index in [2.05, 4.69) is 26.0 Å². The Kier molecular flexibility index (Phi) is 2.79. The fraction of sp³-hybridized carbons (Fsp3) is 0.100. The Morgan fingerprint density at radius 1 is 1.47 bits per heavy atom. The molecule has 15 heavy (non-hydrogen) atoms. The summed E-state index contributed by atoms with van der Waals surface area (Å²) in [6.07, 6.45) is 3.50. The van der Waals surface area contributed by atoms with E-state index in [0.29, 0.717) is 12.2 Å². The number of rotatable bonds is 2. The minimum Gasteiger partial charge on any atom is -0.267 e. The van der Waals surface area contributed by atoms with Crippen LogP contribution in [0.3, 0.4) is 0 Å². The molecule has 0 N–H and O–H groups in total. The predicted octanol–water partition coefficient (Wildman–Crippen LogP) is 1.96. The van der Waals surface area contributed by atoms with Crippen LogP contribution >= 0.6 is 15.9 Å². The molecule has 0 saturated carbocycles. The minimum atomic E-state index is 0.429. The lowest BCUT2D eigenvalue weighted by atomic mass is 10.2. The Morgan fingerprint density at radius 2 is 2.33 bits per heavy atom. The molecular formula is C10H7BrN4. The molecule has 0 aliphatic rings. The van der Waals surface area contributed by atoms with Crippen LogP contribution in [0.25, 0.3) is 0 Å². The number of pyridine rings is 1. The van der Waals surface area contributed by atoms with Gasteiger partial charge in [0, 0.05) is 12.4 Å². The van der Waals surface area contributed by atoms with E-state index in [1.807, 2.05) is 24.4 Å². The van der Waals surface area contributed by atoms with Crippen molar-refractivity contribution in [1.29, 1.82) is 5.26 Å². The van der Waals surface area contributed by atoms with Crippen molar-refractivity contribution < 1.29 is 0 Å². The van der Waals surface area contributed by atoms with Crippen LogP contribution < -0.4 is 0 Å². The summed E-state index contributed by atoms with van der Waals surface area (Å²) >= 11 is 3.28. The highest BCUT2D eigenvalue weighted by atomic mass is 79.9. The van der Waals surface area contributed by atoms with Gasteiger partial charge >= 0.3 is 0 Å². The number of hydrogen-bond donors (Lipinski definition) is 0. The van der Waals surface area contributed by atoms with Crippen molar-refractivity contribution in [2.24, 2.45) is 0 Å². The Labute approximate surface area is 95.3 Å². The second-order valence-electron chi connectivity index (χ2n) is 3.00. The van der Waals surface area contributed by atoms with Gasteiger partial charge in [-0.05, 0) is 39.7 Å². The van der Waals surface area contributed by atoms with Gasteiger partial charge in [-0.1, -0.05) is 0 Å². The van der Waals surface area contributed by atoms with Gasteiger partial charge < -0.3 is 0 Å². The van der Waals surface area contributed by atoms with E-state index in [4.69, 9.17) is 5.26 Å². The third-order valence-electron chi connectivity index (χ3n) is 1.89. The molecule has 0 saturated heterocycles. The van der Waals surface area contributed by atoms with Gasteiger partial charge in [-0.2, -0.15) is 10.4 Å². The van der Waals surface area contributed by atoms with Crippen LogP contribution in [0.2, 0.25) is 0 Å². The van der Waals surface area contributed by atoms with E-state index >= 15 is 0 Å². The lowest BCUT2D eigenvalue weighted by Crippen LogP contribution is -2.00. The highest BCUT2D eigenvalue weighted by Crippen LogP contribution is 2.07. The van der Waals surface area contributed by atoms with E-state index in [-0.39, 0.29) is 0 Å². The molecule has 0 unspecified atom stereocenters. The highest BCUT2D eigenvalue weighted by molar-refractivity contribution is 9.10. The molecule has 2 aromatic rings. The van der Waals surface area contributed by atoms with Crippen molar-refractivity contribution in [2.75, 3.05) is 0 Å². The zero-order chi connectivity index (χ0) is 10.7.